The van der Waals surface area contributed by atoms with Crippen molar-refractivity contribution in [3.63, 3.8) is 0 Å². The van der Waals surface area contributed by atoms with Crippen LogP contribution in [0.2, 0.25) is 0 Å². The second-order valence-electron chi connectivity index (χ2n) is 6.11. The van der Waals surface area contributed by atoms with Crippen molar-refractivity contribution in [2.45, 2.75) is 19.3 Å². The summed E-state index contributed by atoms with van der Waals surface area (Å²) in [6.07, 6.45) is 0. The molecule has 2 aromatic rings. The number of nitriles is 1. The second-order valence-corrected chi connectivity index (χ2v) is 7.34. The maximum absolute atomic E-state index is 13.2. The van der Waals surface area contributed by atoms with Crippen LogP contribution in [0.25, 0.3) is 0 Å². The number of fused-ring (bicyclic) bond motifs is 4. The third-order valence-corrected chi connectivity index (χ3v) is 5.93. The molecule has 0 radical (unpaired) electrons. The molecule has 4 rings (SSSR count). The molecular formula is C19H15N3O4S. The van der Waals surface area contributed by atoms with Gasteiger partial charge in [0.05, 0.1) is 11.5 Å². The molecule has 1 amide bonds. The van der Waals surface area contributed by atoms with Crippen molar-refractivity contribution in [2.75, 3.05) is 11.9 Å². The Morgan fingerprint density at radius 3 is 2.89 bits per heavy atom. The van der Waals surface area contributed by atoms with Gasteiger partial charge in [0.2, 0.25) is 11.8 Å². The number of benzene rings is 1. The van der Waals surface area contributed by atoms with Gasteiger partial charge in [-0.25, -0.2) is 4.79 Å². The molecule has 0 saturated carbocycles. The smallest absolute Gasteiger partial charge is 0.343 e. The fraction of sp³-hybridized carbons (Fsp3) is 0.211. The molecule has 0 fully saturated rings. The number of hydrogen-bond donors (Lipinski definition) is 2. The van der Waals surface area contributed by atoms with E-state index in [4.69, 9.17) is 15.2 Å². The highest BCUT2D eigenvalue weighted by Gasteiger charge is 2.58. The SMILES string of the molecule is CCOC(=O)c1c(C)sc2c1OC(N)=C(C#N)[C@]21C(=O)Nc2ccccc21. The van der Waals surface area contributed by atoms with Crippen molar-refractivity contribution < 1.29 is 19.1 Å². The van der Waals surface area contributed by atoms with Crippen molar-refractivity contribution in [3.05, 3.63) is 56.6 Å². The van der Waals surface area contributed by atoms with Crippen LogP contribution in [-0.4, -0.2) is 18.5 Å². The number of nitrogens with zero attached hydrogens (tertiary/aromatic N) is 1. The van der Waals surface area contributed by atoms with E-state index in [1.54, 1.807) is 38.1 Å². The first-order valence-corrected chi connectivity index (χ1v) is 9.08. The Labute approximate surface area is 159 Å². The summed E-state index contributed by atoms with van der Waals surface area (Å²) in [5.74, 6) is -0.966. The number of para-hydroxylation sites is 1. The Morgan fingerprint density at radius 1 is 1.44 bits per heavy atom. The van der Waals surface area contributed by atoms with Crippen molar-refractivity contribution in [2.24, 2.45) is 5.73 Å². The molecule has 0 bridgehead atoms. The zero-order valence-electron chi connectivity index (χ0n) is 14.6. The number of thiophene rings is 1. The van der Waals surface area contributed by atoms with Gasteiger partial charge in [-0.1, -0.05) is 18.2 Å². The maximum Gasteiger partial charge on any atom is 0.343 e. The standard InChI is InChI=1S/C19H15N3O4S/c1-3-25-17(23)13-9(2)27-15-14(13)26-16(21)11(8-20)19(15)10-6-4-5-7-12(10)22-18(19)24/h4-7H,3,21H2,1-2H3,(H,22,24)/t19-/m0/s1. The van der Waals surface area contributed by atoms with Gasteiger partial charge >= 0.3 is 5.97 Å². The van der Waals surface area contributed by atoms with Crippen molar-refractivity contribution in [1.82, 2.24) is 0 Å². The highest BCUT2D eigenvalue weighted by molar-refractivity contribution is 7.13. The lowest BCUT2D eigenvalue weighted by atomic mass is 9.72. The van der Waals surface area contributed by atoms with E-state index in [0.717, 1.165) is 0 Å². The lowest BCUT2D eigenvalue weighted by Crippen LogP contribution is -2.41. The van der Waals surface area contributed by atoms with Crippen LogP contribution in [-0.2, 0) is 14.9 Å². The summed E-state index contributed by atoms with van der Waals surface area (Å²) in [6, 6.07) is 9.15. The van der Waals surface area contributed by atoms with Gasteiger partial charge in [-0.2, -0.15) is 5.26 Å². The van der Waals surface area contributed by atoms with Gasteiger partial charge in [0, 0.05) is 16.1 Å². The van der Waals surface area contributed by atoms with E-state index in [1.165, 1.54) is 11.3 Å². The lowest BCUT2D eigenvalue weighted by molar-refractivity contribution is -0.118. The van der Waals surface area contributed by atoms with Gasteiger partial charge < -0.3 is 20.5 Å². The third-order valence-electron chi connectivity index (χ3n) is 4.73. The van der Waals surface area contributed by atoms with Crippen LogP contribution in [0.5, 0.6) is 5.75 Å². The topological polar surface area (TPSA) is 114 Å². The molecule has 0 saturated heterocycles. The molecule has 3 heterocycles. The number of hydrogen-bond acceptors (Lipinski definition) is 7. The van der Waals surface area contributed by atoms with Crippen molar-refractivity contribution in [3.8, 4) is 11.8 Å². The number of carbonyl (C=O) groups excluding carboxylic acids is 2. The summed E-state index contributed by atoms with van der Waals surface area (Å²) in [7, 11) is 0. The van der Waals surface area contributed by atoms with E-state index in [0.29, 0.717) is 21.0 Å². The van der Waals surface area contributed by atoms with E-state index < -0.39 is 17.3 Å². The molecule has 0 unspecified atom stereocenters. The van der Waals surface area contributed by atoms with Gasteiger partial charge in [-0.05, 0) is 19.9 Å². The Morgan fingerprint density at radius 2 is 2.19 bits per heavy atom. The molecule has 2 aliphatic heterocycles. The highest BCUT2D eigenvalue weighted by Crippen LogP contribution is 2.57. The number of esters is 1. The molecule has 3 N–H and O–H groups in total. The summed E-state index contributed by atoms with van der Waals surface area (Å²) >= 11 is 1.23. The number of anilines is 1. The second kappa shape index (κ2) is 5.86. The van der Waals surface area contributed by atoms with Crippen LogP contribution >= 0.6 is 11.3 Å². The molecule has 1 atom stereocenters. The fourth-order valence-corrected chi connectivity index (χ4v) is 4.92. The average Bonchev–Trinajstić information content (AvgIpc) is 3.11. The molecule has 1 spiro atoms. The Balaban J connectivity index is 2.08. The quantitative estimate of drug-likeness (QED) is 0.773. The number of aryl methyl sites for hydroxylation is 1. The van der Waals surface area contributed by atoms with Crippen molar-refractivity contribution >= 4 is 28.9 Å². The Bertz CT molecular complexity index is 1080. The first kappa shape index (κ1) is 17.1. The van der Waals surface area contributed by atoms with Crippen LogP contribution < -0.4 is 15.8 Å². The van der Waals surface area contributed by atoms with E-state index in [9.17, 15) is 14.9 Å². The van der Waals surface area contributed by atoms with Crippen molar-refractivity contribution in [1.29, 1.82) is 5.26 Å². The van der Waals surface area contributed by atoms with E-state index in [-0.39, 0.29) is 29.4 Å². The Kier molecular flexibility index (Phi) is 3.71. The monoisotopic (exact) mass is 381 g/mol. The molecular weight excluding hydrogens is 366 g/mol. The summed E-state index contributed by atoms with van der Waals surface area (Å²) < 4.78 is 10.8. The van der Waals surface area contributed by atoms with E-state index in [2.05, 4.69) is 5.32 Å². The molecule has 1 aromatic heterocycles. The number of nitrogens with one attached hydrogen (secondary N) is 1. The predicted octanol–water partition coefficient (Wildman–Crippen LogP) is 2.56. The fourth-order valence-electron chi connectivity index (χ4n) is 3.64. The van der Waals surface area contributed by atoms with Gasteiger partial charge in [-0.3, -0.25) is 4.79 Å². The minimum absolute atomic E-state index is 0.00843. The summed E-state index contributed by atoms with van der Waals surface area (Å²) in [5.41, 5.74) is 6.04. The highest BCUT2D eigenvalue weighted by atomic mass is 32.1. The van der Waals surface area contributed by atoms with Gasteiger partial charge in [0.25, 0.3) is 0 Å². The average molecular weight is 381 g/mol. The number of amides is 1. The number of carbonyl (C=O) groups is 2. The summed E-state index contributed by atoms with van der Waals surface area (Å²) in [6.45, 7) is 3.65. The molecule has 8 heteroatoms. The minimum Gasteiger partial charge on any atom is -0.462 e. The largest absolute Gasteiger partial charge is 0.462 e. The van der Waals surface area contributed by atoms with Crippen LogP contribution in [0, 0.1) is 18.3 Å². The maximum atomic E-state index is 13.2. The number of rotatable bonds is 2. The molecule has 0 aliphatic carbocycles. The zero-order chi connectivity index (χ0) is 19.3. The summed E-state index contributed by atoms with van der Waals surface area (Å²) in [5, 5.41) is 12.6. The molecule has 2 aliphatic rings. The third kappa shape index (κ3) is 2.06. The number of ether oxygens (including phenoxy) is 2. The number of nitrogens with two attached hydrogens (primary N) is 1. The normalized spacial score (nSPS) is 19.8. The zero-order valence-corrected chi connectivity index (χ0v) is 15.4. The molecule has 7 nitrogen and oxygen atoms in total. The van der Waals surface area contributed by atoms with Crippen LogP contribution in [0.4, 0.5) is 5.69 Å². The molecule has 1 aromatic carbocycles. The lowest BCUT2D eigenvalue weighted by Gasteiger charge is -2.31. The predicted molar refractivity (Wildman–Crippen MR) is 98.3 cm³/mol. The van der Waals surface area contributed by atoms with Gasteiger partial charge in [-0.15, -0.1) is 11.3 Å². The Hall–Kier alpha value is -3.31. The first-order valence-electron chi connectivity index (χ1n) is 8.26. The molecule has 136 valence electrons. The van der Waals surface area contributed by atoms with E-state index >= 15 is 0 Å². The van der Waals surface area contributed by atoms with Crippen LogP contribution in [0.15, 0.2) is 35.7 Å². The van der Waals surface area contributed by atoms with Crippen LogP contribution in [0.1, 0.15) is 32.6 Å². The molecule has 27 heavy (non-hydrogen) atoms. The van der Waals surface area contributed by atoms with E-state index in [1.807, 2.05) is 6.07 Å². The van der Waals surface area contributed by atoms with Gasteiger partial charge in [0.1, 0.15) is 17.2 Å². The first-order chi connectivity index (χ1) is 13.0. The summed E-state index contributed by atoms with van der Waals surface area (Å²) in [4.78, 5) is 26.7. The van der Waals surface area contributed by atoms with Crippen LogP contribution in [0.3, 0.4) is 0 Å². The van der Waals surface area contributed by atoms with Gasteiger partial charge in [0.15, 0.2) is 11.2 Å². The minimum atomic E-state index is -1.44.